The molecule has 0 atom stereocenters. The number of carbonyl (C=O) groups excluding carboxylic acids is 3. The Bertz CT molecular complexity index is 518. The summed E-state index contributed by atoms with van der Waals surface area (Å²) >= 11 is 0. The summed E-state index contributed by atoms with van der Waals surface area (Å²) in [6, 6.07) is 6.28. The van der Waals surface area contributed by atoms with Gasteiger partial charge in [-0.15, -0.1) is 0 Å². The molecule has 0 unspecified atom stereocenters. The summed E-state index contributed by atoms with van der Waals surface area (Å²) in [5.74, 6) is -0.893. The number of hydrogen-bond donors (Lipinski definition) is 0. The molecule has 7 nitrogen and oxygen atoms in total. The third-order valence-electron chi connectivity index (χ3n) is 2.61. The van der Waals surface area contributed by atoms with E-state index in [0.29, 0.717) is 17.9 Å². The standard InChI is InChI=1S/C16H20O7/c1-4-20-16(19)13-5-7-14(8-6-13)23-15(9-21-11(2)17)10-22-12(3)18/h5-8,15H,4,9-10H2,1-3H3. The fourth-order valence-electron chi connectivity index (χ4n) is 1.61. The zero-order valence-corrected chi connectivity index (χ0v) is 13.4. The summed E-state index contributed by atoms with van der Waals surface area (Å²) in [6.07, 6.45) is -0.642. The van der Waals surface area contributed by atoms with Gasteiger partial charge in [-0.2, -0.15) is 0 Å². The van der Waals surface area contributed by atoms with Crippen molar-refractivity contribution in [1.82, 2.24) is 0 Å². The van der Waals surface area contributed by atoms with Gasteiger partial charge in [0, 0.05) is 13.8 Å². The molecular weight excluding hydrogens is 304 g/mol. The van der Waals surface area contributed by atoms with Crippen LogP contribution in [0.5, 0.6) is 5.75 Å². The molecule has 0 aromatic heterocycles. The Hall–Kier alpha value is -2.57. The van der Waals surface area contributed by atoms with E-state index in [9.17, 15) is 14.4 Å². The Morgan fingerprint density at radius 2 is 1.43 bits per heavy atom. The minimum Gasteiger partial charge on any atom is -0.483 e. The van der Waals surface area contributed by atoms with E-state index in [2.05, 4.69) is 0 Å². The van der Waals surface area contributed by atoms with Gasteiger partial charge in [-0.05, 0) is 31.2 Å². The molecule has 126 valence electrons. The molecule has 1 aromatic carbocycles. The molecule has 1 rings (SSSR count). The third kappa shape index (κ3) is 7.30. The van der Waals surface area contributed by atoms with Gasteiger partial charge in [-0.1, -0.05) is 0 Å². The van der Waals surface area contributed by atoms with E-state index in [4.69, 9.17) is 18.9 Å². The normalized spacial score (nSPS) is 10.1. The first-order chi connectivity index (χ1) is 10.9. The summed E-state index contributed by atoms with van der Waals surface area (Å²) in [5, 5.41) is 0. The van der Waals surface area contributed by atoms with Crippen LogP contribution in [0.15, 0.2) is 24.3 Å². The number of esters is 3. The monoisotopic (exact) mass is 324 g/mol. The fourth-order valence-corrected chi connectivity index (χ4v) is 1.61. The van der Waals surface area contributed by atoms with Crippen LogP contribution in [0.25, 0.3) is 0 Å². The van der Waals surface area contributed by atoms with Crippen LogP contribution >= 0.6 is 0 Å². The van der Waals surface area contributed by atoms with Gasteiger partial charge in [0.15, 0.2) is 6.10 Å². The van der Waals surface area contributed by atoms with E-state index in [1.54, 1.807) is 31.2 Å². The summed E-state index contributed by atoms with van der Waals surface area (Å²) < 4.78 is 20.2. The third-order valence-corrected chi connectivity index (χ3v) is 2.61. The predicted molar refractivity (Wildman–Crippen MR) is 80.1 cm³/mol. The van der Waals surface area contributed by atoms with Crippen LogP contribution in [-0.2, 0) is 23.8 Å². The largest absolute Gasteiger partial charge is 0.483 e. The number of rotatable bonds is 8. The molecule has 0 aliphatic carbocycles. The Balaban J connectivity index is 2.67. The summed E-state index contributed by atoms with van der Waals surface area (Å²) in [6.45, 7) is 4.46. The quantitative estimate of drug-likeness (QED) is 0.531. The minimum absolute atomic E-state index is 0.0533. The van der Waals surface area contributed by atoms with Gasteiger partial charge >= 0.3 is 17.9 Å². The SMILES string of the molecule is CCOC(=O)c1ccc(OC(COC(C)=O)COC(C)=O)cc1. The lowest BCUT2D eigenvalue weighted by Gasteiger charge is -2.18. The van der Waals surface area contributed by atoms with E-state index in [0.717, 1.165) is 0 Å². The molecule has 1 aromatic rings. The maximum atomic E-state index is 11.6. The summed E-state index contributed by atoms with van der Waals surface area (Å²) in [5.41, 5.74) is 0.399. The van der Waals surface area contributed by atoms with Crippen LogP contribution < -0.4 is 4.74 Å². The highest BCUT2D eigenvalue weighted by Gasteiger charge is 2.15. The van der Waals surface area contributed by atoms with E-state index >= 15 is 0 Å². The van der Waals surface area contributed by atoms with Crippen molar-refractivity contribution in [2.75, 3.05) is 19.8 Å². The van der Waals surface area contributed by atoms with Gasteiger partial charge < -0.3 is 18.9 Å². The molecule has 0 heterocycles. The van der Waals surface area contributed by atoms with Gasteiger partial charge in [0.25, 0.3) is 0 Å². The molecule has 0 radical (unpaired) electrons. The summed E-state index contributed by atoms with van der Waals surface area (Å²) in [4.78, 5) is 33.3. The van der Waals surface area contributed by atoms with Gasteiger partial charge in [0.05, 0.1) is 12.2 Å². The Morgan fingerprint density at radius 1 is 0.913 bits per heavy atom. The molecule has 0 aliphatic heterocycles. The van der Waals surface area contributed by atoms with Crippen LogP contribution in [0.3, 0.4) is 0 Å². The lowest BCUT2D eigenvalue weighted by Crippen LogP contribution is -2.30. The van der Waals surface area contributed by atoms with Gasteiger partial charge in [-0.3, -0.25) is 9.59 Å². The van der Waals surface area contributed by atoms with Crippen molar-refractivity contribution in [2.45, 2.75) is 26.9 Å². The Labute approximate surface area is 134 Å². The molecule has 7 heteroatoms. The van der Waals surface area contributed by atoms with Crippen molar-refractivity contribution >= 4 is 17.9 Å². The predicted octanol–water partition coefficient (Wildman–Crippen LogP) is 1.74. The number of carbonyl (C=O) groups is 3. The molecule has 0 fully saturated rings. The Kier molecular flexibility index (Phi) is 7.59. The van der Waals surface area contributed by atoms with Crippen molar-refractivity contribution in [1.29, 1.82) is 0 Å². The zero-order chi connectivity index (χ0) is 17.2. The summed E-state index contributed by atoms with van der Waals surface area (Å²) in [7, 11) is 0. The molecule has 0 bridgehead atoms. The van der Waals surface area contributed by atoms with Crippen molar-refractivity contribution in [3.63, 3.8) is 0 Å². The molecule has 0 N–H and O–H groups in total. The number of benzene rings is 1. The Morgan fingerprint density at radius 3 is 1.87 bits per heavy atom. The van der Waals surface area contributed by atoms with E-state index in [1.165, 1.54) is 13.8 Å². The van der Waals surface area contributed by atoms with Crippen LogP contribution in [0, 0.1) is 0 Å². The first-order valence-electron chi connectivity index (χ1n) is 7.13. The topological polar surface area (TPSA) is 88.1 Å². The highest BCUT2D eigenvalue weighted by molar-refractivity contribution is 5.89. The average Bonchev–Trinajstić information content (AvgIpc) is 2.50. The number of hydrogen-bond acceptors (Lipinski definition) is 7. The van der Waals surface area contributed by atoms with E-state index in [-0.39, 0.29) is 13.2 Å². The first-order valence-corrected chi connectivity index (χ1v) is 7.13. The van der Waals surface area contributed by atoms with Crippen LogP contribution in [0.2, 0.25) is 0 Å². The average molecular weight is 324 g/mol. The second kappa shape index (κ2) is 9.45. The zero-order valence-electron chi connectivity index (χ0n) is 13.4. The van der Waals surface area contributed by atoms with Crippen molar-refractivity contribution in [2.24, 2.45) is 0 Å². The van der Waals surface area contributed by atoms with E-state index < -0.39 is 24.0 Å². The molecule has 0 amide bonds. The van der Waals surface area contributed by atoms with Gasteiger partial charge in [0.1, 0.15) is 19.0 Å². The second-order valence-electron chi connectivity index (χ2n) is 4.59. The molecule has 0 saturated heterocycles. The highest BCUT2D eigenvalue weighted by atomic mass is 16.6. The highest BCUT2D eigenvalue weighted by Crippen LogP contribution is 2.15. The maximum Gasteiger partial charge on any atom is 0.338 e. The molecule has 0 saturated carbocycles. The minimum atomic E-state index is -0.642. The van der Waals surface area contributed by atoms with Crippen LogP contribution in [0.1, 0.15) is 31.1 Å². The lowest BCUT2D eigenvalue weighted by molar-refractivity contribution is -0.148. The molecule has 23 heavy (non-hydrogen) atoms. The van der Waals surface area contributed by atoms with Crippen molar-refractivity contribution in [3.05, 3.63) is 29.8 Å². The molecular formula is C16H20O7. The fraction of sp³-hybridized carbons (Fsp3) is 0.438. The molecule has 0 aliphatic rings. The first kappa shape index (κ1) is 18.5. The lowest BCUT2D eigenvalue weighted by atomic mass is 10.2. The smallest absolute Gasteiger partial charge is 0.338 e. The van der Waals surface area contributed by atoms with Crippen LogP contribution in [0.4, 0.5) is 0 Å². The maximum absolute atomic E-state index is 11.6. The van der Waals surface area contributed by atoms with Gasteiger partial charge in [-0.25, -0.2) is 4.79 Å². The van der Waals surface area contributed by atoms with Crippen LogP contribution in [-0.4, -0.2) is 43.8 Å². The van der Waals surface area contributed by atoms with Crippen molar-refractivity contribution in [3.8, 4) is 5.75 Å². The van der Waals surface area contributed by atoms with E-state index in [1.807, 2.05) is 0 Å². The molecule has 0 spiro atoms. The number of ether oxygens (including phenoxy) is 4. The second-order valence-corrected chi connectivity index (χ2v) is 4.59. The van der Waals surface area contributed by atoms with Crippen molar-refractivity contribution < 1.29 is 33.3 Å². The van der Waals surface area contributed by atoms with Gasteiger partial charge in [0.2, 0.25) is 0 Å².